The van der Waals surface area contributed by atoms with Gasteiger partial charge in [0.15, 0.2) is 0 Å². The molecule has 0 fully saturated rings. The minimum absolute atomic E-state index is 0.0801. The molecule has 0 bridgehead atoms. The minimum Gasteiger partial charge on any atom is -0.508 e. The van der Waals surface area contributed by atoms with Gasteiger partial charge in [-0.3, -0.25) is 4.79 Å². The molecule has 2 rings (SSSR count). The zero-order chi connectivity index (χ0) is 21.7. The molecule has 4 N–H and O–H groups in total. The van der Waals surface area contributed by atoms with Gasteiger partial charge in [0, 0.05) is 6.42 Å². The number of carbonyl (C=O) groups excluding carboxylic acids is 2. The Morgan fingerprint density at radius 2 is 1.43 bits per heavy atom. The fourth-order valence-corrected chi connectivity index (χ4v) is 2.19. The predicted molar refractivity (Wildman–Crippen MR) is 108 cm³/mol. The molecule has 0 spiro atoms. The number of nitrogens with one attached hydrogen (secondary N) is 1. The van der Waals surface area contributed by atoms with Gasteiger partial charge in [-0.15, -0.1) is 0 Å². The number of hydrogen-bond acceptors (Lipinski definition) is 6. The van der Waals surface area contributed by atoms with Crippen molar-refractivity contribution in [1.82, 2.24) is 5.32 Å². The van der Waals surface area contributed by atoms with Crippen LogP contribution in [-0.2, 0) is 16.0 Å². The van der Waals surface area contributed by atoms with Crippen LogP contribution >= 0.6 is 0 Å². The second kappa shape index (κ2) is 13.0. The molecular formula is C21H29NO6. The number of rotatable bonds is 5. The molecule has 1 amide bonds. The molecular weight excluding hydrogens is 362 g/mol. The lowest BCUT2D eigenvalue weighted by molar-refractivity contribution is -0.142. The first-order valence-electron chi connectivity index (χ1n) is 9.10. The summed E-state index contributed by atoms with van der Waals surface area (Å²) in [5.74, 6) is -2.20. The number of amides is 1. The Bertz CT molecular complexity index is 723. The lowest BCUT2D eigenvalue weighted by atomic mass is 10.0. The molecule has 0 radical (unpaired) electrons. The first kappa shape index (κ1) is 24.8. The van der Waals surface area contributed by atoms with E-state index in [1.807, 2.05) is 27.7 Å². The Kier molecular flexibility index (Phi) is 11.5. The molecule has 1 atom stereocenters. The molecule has 2 aromatic carbocycles. The number of methoxy groups -OCH3 is 1. The topological polar surface area (TPSA) is 116 Å². The Balaban J connectivity index is 0.00000171. The van der Waals surface area contributed by atoms with Crippen molar-refractivity contribution in [3.63, 3.8) is 0 Å². The maximum absolute atomic E-state index is 12.3. The molecule has 7 nitrogen and oxygen atoms in total. The molecule has 0 heterocycles. The van der Waals surface area contributed by atoms with E-state index in [2.05, 4.69) is 10.1 Å². The van der Waals surface area contributed by atoms with Gasteiger partial charge in [0.2, 0.25) is 0 Å². The molecule has 7 heteroatoms. The molecule has 0 aliphatic carbocycles. The van der Waals surface area contributed by atoms with Gasteiger partial charge < -0.3 is 25.4 Å². The molecule has 28 heavy (non-hydrogen) atoms. The van der Waals surface area contributed by atoms with Crippen LogP contribution in [0, 0.1) is 0 Å². The fraction of sp³-hybridized carbons (Fsp3) is 0.333. The summed E-state index contributed by atoms with van der Waals surface area (Å²) in [7, 11) is 1.19. The molecule has 1 unspecified atom stereocenters. The fourth-order valence-electron chi connectivity index (χ4n) is 2.19. The first-order chi connectivity index (χ1) is 13.4. The highest BCUT2D eigenvalue weighted by Gasteiger charge is 2.25. The molecule has 0 aliphatic heterocycles. The second-order valence-corrected chi connectivity index (χ2v) is 5.09. The van der Waals surface area contributed by atoms with Crippen molar-refractivity contribution in [2.45, 2.75) is 40.2 Å². The number of carbonyl (C=O) groups is 2. The average molecular weight is 391 g/mol. The van der Waals surface area contributed by atoms with E-state index >= 15 is 0 Å². The zero-order valence-corrected chi connectivity index (χ0v) is 16.9. The minimum atomic E-state index is -1.02. The number of hydrogen-bond donors (Lipinski definition) is 4. The van der Waals surface area contributed by atoms with Gasteiger partial charge in [-0.25, -0.2) is 4.79 Å². The summed E-state index contributed by atoms with van der Waals surface area (Å²) in [4.78, 5) is 24.2. The van der Waals surface area contributed by atoms with E-state index in [0.717, 1.165) is 0 Å². The van der Waals surface area contributed by atoms with Crippen molar-refractivity contribution < 1.29 is 29.6 Å². The van der Waals surface area contributed by atoms with E-state index in [9.17, 15) is 24.9 Å². The summed E-state index contributed by atoms with van der Waals surface area (Å²) in [6.07, 6.45) is 0.118. The van der Waals surface area contributed by atoms with E-state index < -0.39 is 29.4 Å². The number of ether oxygens (including phenoxy) is 1. The van der Waals surface area contributed by atoms with E-state index in [-0.39, 0.29) is 17.7 Å². The van der Waals surface area contributed by atoms with Crippen LogP contribution in [0.15, 0.2) is 42.5 Å². The molecule has 154 valence electrons. The third kappa shape index (κ3) is 7.19. The Hall–Kier alpha value is -3.22. The Morgan fingerprint density at radius 1 is 0.929 bits per heavy atom. The summed E-state index contributed by atoms with van der Waals surface area (Å²) in [5.41, 5.74) is 0.363. The van der Waals surface area contributed by atoms with Gasteiger partial charge >= 0.3 is 5.97 Å². The predicted octanol–water partition coefficient (Wildman–Crippen LogP) is 3.37. The standard InChI is InChI=1S/C17H17NO6.2C2H6/c1-24-17(23)12(9-10-5-7-11(19)8-6-10)18-16(22)15-13(20)3-2-4-14(15)21;2*1-2/h2-8,12,19-21H,9H2,1H3,(H,18,22);2*1-2H3. The molecule has 0 saturated carbocycles. The maximum Gasteiger partial charge on any atom is 0.328 e. The number of benzene rings is 2. The number of aromatic hydroxyl groups is 3. The summed E-state index contributed by atoms with van der Waals surface area (Å²) >= 11 is 0. The van der Waals surface area contributed by atoms with Crippen LogP contribution < -0.4 is 5.32 Å². The van der Waals surface area contributed by atoms with Gasteiger partial charge in [-0.2, -0.15) is 0 Å². The quantitative estimate of drug-likeness (QED) is 0.581. The normalized spacial score (nSPS) is 10.3. The van der Waals surface area contributed by atoms with Crippen LogP contribution in [0.4, 0.5) is 0 Å². The lowest BCUT2D eigenvalue weighted by Gasteiger charge is -2.17. The lowest BCUT2D eigenvalue weighted by Crippen LogP contribution is -2.43. The maximum atomic E-state index is 12.3. The van der Waals surface area contributed by atoms with Crippen LogP contribution in [0.3, 0.4) is 0 Å². The summed E-state index contributed by atoms with van der Waals surface area (Å²) < 4.78 is 4.68. The van der Waals surface area contributed by atoms with Crippen molar-refractivity contribution in [1.29, 1.82) is 0 Å². The molecule has 0 aromatic heterocycles. The summed E-state index contributed by atoms with van der Waals surface area (Å²) in [6, 6.07) is 9.00. The largest absolute Gasteiger partial charge is 0.508 e. The SMILES string of the molecule is CC.CC.COC(=O)C(Cc1ccc(O)cc1)NC(=O)c1c(O)cccc1O. The van der Waals surface area contributed by atoms with Crippen molar-refractivity contribution in [3.8, 4) is 17.2 Å². The van der Waals surface area contributed by atoms with Crippen LogP contribution in [0.25, 0.3) is 0 Å². The van der Waals surface area contributed by atoms with E-state index in [0.29, 0.717) is 5.56 Å². The van der Waals surface area contributed by atoms with E-state index in [1.54, 1.807) is 12.1 Å². The zero-order valence-electron chi connectivity index (χ0n) is 16.9. The van der Waals surface area contributed by atoms with Gasteiger partial charge in [0.25, 0.3) is 5.91 Å². The van der Waals surface area contributed by atoms with E-state index in [4.69, 9.17) is 0 Å². The molecule has 0 saturated heterocycles. The third-order valence-electron chi connectivity index (χ3n) is 3.41. The van der Waals surface area contributed by atoms with Gasteiger partial charge in [0.05, 0.1) is 7.11 Å². The Labute approximate surface area is 165 Å². The van der Waals surface area contributed by atoms with E-state index in [1.165, 1.54) is 37.4 Å². The average Bonchev–Trinajstić information content (AvgIpc) is 2.71. The number of phenolic OH excluding ortho intramolecular Hbond substituents is 3. The van der Waals surface area contributed by atoms with Crippen LogP contribution in [-0.4, -0.2) is 40.3 Å². The van der Waals surface area contributed by atoms with Crippen LogP contribution in [0.2, 0.25) is 0 Å². The van der Waals surface area contributed by atoms with Crippen molar-refractivity contribution in [2.75, 3.05) is 7.11 Å². The second-order valence-electron chi connectivity index (χ2n) is 5.09. The Morgan fingerprint density at radius 3 is 1.89 bits per heavy atom. The van der Waals surface area contributed by atoms with Gasteiger partial charge in [-0.1, -0.05) is 45.9 Å². The monoisotopic (exact) mass is 391 g/mol. The number of esters is 1. The van der Waals surface area contributed by atoms with Crippen LogP contribution in [0.1, 0.15) is 43.6 Å². The molecule has 2 aromatic rings. The summed E-state index contributed by atoms with van der Waals surface area (Å²) in [6.45, 7) is 8.00. The van der Waals surface area contributed by atoms with Crippen molar-refractivity contribution in [3.05, 3.63) is 53.6 Å². The highest BCUT2D eigenvalue weighted by molar-refractivity contribution is 6.01. The van der Waals surface area contributed by atoms with Crippen molar-refractivity contribution in [2.24, 2.45) is 0 Å². The highest BCUT2D eigenvalue weighted by atomic mass is 16.5. The number of phenols is 3. The molecule has 0 aliphatic rings. The summed E-state index contributed by atoms with van der Waals surface area (Å²) in [5, 5.41) is 31.2. The van der Waals surface area contributed by atoms with Gasteiger partial charge in [-0.05, 0) is 29.8 Å². The highest BCUT2D eigenvalue weighted by Crippen LogP contribution is 2.26. The third-order valence-corrected chi connectivity index (χ3v) is 3.41. The smallest absolute Gasteiger partial charge is 0.328 e. The van der Waals surface area contributed by atoms with Crippen LogP contribution in [0.5, 0.6) is 17.2 Å². The van der Waals surface area contributed by atoms with Crippen molar-refractivity contribution >= 4 is 11.9 Å². The first-order valence-corrected chi connectivity index (χ1v) is 9.10. The van der Waals surface area contributed by atoms with Gasteiger partial charge in [0.1, 0.15) is 28.9 Å².